The molecule has 0 spiro atoms. The molecule has 7 unspecified atom stereocenters. The number of nitrogens with two attached hydrogens (primary N) is 1. The highest BCUT2D eigenvalue weighted by Gasteiger charge is 2.50. The maximum atomic E-state index is 12.7. The Bertz CT molecular complexity index is 2070. The second-order valence-corrected chi connectivity index (χ2v) is 18.4. The summed E-state index contributed by atoms with van der Waals surface area (Å²) in [4.78, 5) is 88.0. The summed E-state index contributed by atoms with van der Waals surface area (Å²) < 4.78 is 62.1. The third kappa shape index (κ3) is 13.4. The molecule has 7 atom stereocenters. The van der Waals surface area contributed by atoms with Crippen LogP contribution >= 0.6 is 35.2 Å². The fourth-order valence-electron chi connectivity index (χ4n) is 5.13. The van der Waals surface area contributed by atoms with Gasteiger partial charge >= 0.3 is 23.5 Å². The van der Waals surface area contributed by atoms with Crippen LogP contribution in [0.4, 0.5) is 5.82 Å². The summed E-state index contributed by atoms with van der Waals surface area (Å²) in [5.41, 5.74) is 5.73. The zero-order chi connectivity index (χ0) is 42.3. The van der Waals surface area contributed by atoms with Crippen LogP contribution in [0.15, 0.2) is 36.9 Å². The van der Waals surface area contributed by atoms with Gasteiger partial charge in [0.2, 0.25) is 16.9 Å². The first kappa shape index (κ1) is 46.5. The maximum Gasteiger partial charge on any atom is 0.481 e. The number of phosphoric acid groups is 3. The Labute approximate surface area is 328 Å². The number of ether oxygens (including phenoxy) is 1. The number of aromatic nitrogens is 4. The second-order valence-electron chi connectivity index (χ2n) is 13.1. The van der Waals surface area contributed by atoms with Crippen molar-refractivity contribution in [1.82, 2.24) is 30.2 Å². The summed E-state index contributed by atoms with van der Waals surface area (Å²) in [6.45, 7) is 2.31. The van der Waals surface area contributed by atoms with Crippen LogP contribution in [0.2, 0.25) is 0 Å². The third-order valence-electron chi connectivity index (χ3n) is 7.99. The number of thioether (sulfide) groups is 1. The topological polar surface area (TPSA) is 364 Å². The van der Waals surface area contributed by atoms with Crippen molar-refractivity contribution in [2.24, 2.45) is 5.41 Å². The van der Waals surface area contributed by atoms with E-state index in [-0.39, 0.29) is 41.6 Å². The number of hydrogen-bond acceptors (Lipinski definition) is 18. The zero-order valence-corrected chi connectivity index (χ0v) is 33.9. The molecule has 316 valence electrons. The molecule has 0 radical (unpaired) electrons. The lowest BCUT2D eigenvalue weighted by molar-refractivity contribution is -0.137. The van der Waals surface area contributed by atoms with Gasteiger partial charge in [0.05, 0.1) is 19.5 Å². The van der Waals surface area contributed by atoms with Crippen LogP contribution in [0.5, 0.6) is 0 Å². The molecule has 4 rings (SSSR count). The molecule has 3 aromatic rings. The number of nitrogen functional groups attached to an aromatic ring is 1. The van der Waals surface area contributed by atoms with Crippen molar-refractivity contribution in [3.8, 4) is 0 Å². The summed E-state index contributed by atoms with van der Waals surface area (Å²) in [6.07, 6.45) is -6.94. The molecule has 0 saturated carbocycles. The van der Waals surface area contributed by atoms with Crippen molar-refractivity contribution in [1.29, 1.82) is 0 Å². The Morgan fingerprint density at radius 1 is 1.05 bits per heavy atom. The summed E-state index contributed by atoms with van der Waals surface area (Å²) in [6, 6.07) is 7.07. The van der Waals surface area contributed by atoms with Gasteiger partial charge in [0, 0.05) is 36.2 Å². The largest absolute Gasteiger partial charge is 0.481 e. The fourth-order valence-corrected chi connectivity index (χ4v) is 8.64. The molecule has 28 heteroatoms. The van der Waals surface area contributed by atoms with Gasteiger partial charge in [0.15, 0.2) is 17.7 Å². The number of imidazole rings is 1. The van der Waals surface area contributed by atoms with Gasteiger partial charge in [-0.15, -0.1) is 0 Å². The number of hydrogen-bond donors (Lipinski definition) is 9. The molecular weight excluding hydrogens is 843 g/mol. The predicted molar refractivity (Wildman–Crippen MR) is 198 cm³/mol. The maximum absolute atomic E-state index is 12.7. The number of nitrogens with one attached hydrogen (secondary N) is 2. The molecule has 24 nitrogen and oxygen atoms in total. The number of fused-ring (bicyclic) bond motifs is 1. The van der Waals surface area contributed by atoms with Crippen molar-refractivity contribution in [2.75, 3.05) is 37.8 Å². The number of carbonyl (C=O) groups excluding carboxylic acids is 3. The summed E-state index contributed by atoms with van der Waals surface area (Å²) in [5.74, 6) is -1.17. The molecular formula is C29H42N7O17P3S. The number of carbonyl (C=O) groups is 3. The molecule has 1 fully saturated rings. The molecule has 3 heterocycles. The van der Waals surface area contributed by atoms with Crippen molar-refractivity contribution in [3.05, 3.63) is 48.0 Å². The van der Waals surface area contributed by atoms with Crippen LogP contribution in [0, 0.1) is 12.3 Å². The lowest BCUT2D eigenvalue weighted by Gasteiger charge is -2.30. The average Bonchev–Trinajstić information content (AvgIpc) is 3.68. The minimum absolute atomic E-state index is 0.0292. The van der Waals surface area contributed by atoms with Crippen LogP contribution in [-0.2, 0) is 45.9 Å². The summed E-state index contributed by atoms with van der Waals surface area (Å²) in [5, 5.41) is 26.3. The van der Waals surface area contributed by atoms with Crippen molar-refractivity contribution in [2.45, 2.75) is 57.8 Å². The van der Waals surface area contributed by atoms with Gasteiger partial charge in [0.1, 0.15) is 36.3 Å². The molecule has 1 aliphatic rings. The molecule has 1 aliphatic heterocycles. The number of benzene rings is 1. The Morgan fingerprint density at radius 3 is 2.44 bits per heavy atom. The van der Waals surface area contributed by atoms with Gasteiger partial charge in [-0.3, -0.25) is 32.5 Å². The number of amides is 2. The van der Waals surface area contributed by atoms with E-state index in [1.165, 1.54) is 13.8 Å². The summed E-state index contributed by atoms with van der Waals surface area (Å²) >= 11 is 1.03. The SMILES string of the molecule is Cc1cccc(C(=O)SCCNC(=O)CCNC(=O)C(O)C(C)(C)COP(=O)(O)OP(=O)(O)OCC2OC(n3cnc4c(N)ncnc43)C(O)C2OP(=O)(O)O)c1. The van der Waals surface area contributed by atoms with Gasteiger partial charge in [-0.1, -0.05) is 49.4 Å². The fraction of sp³-hybridized carbons (Fsp3) is 0.517. The van der Waals surface area contributed by atoms with Gasteiger partial charge in [-0.2, -0.15) is 4.31 Å². The number of aryl methyl sites for hydroxylation is 1. The molecule has 0 bridgehead atoms. The Balaban J connectivity index is 1.23. The van der Waals surface area contributed by atoms with Gasteiger partial charge in [-0.05, 0) is 13.0 Å². The second kappa shape index (κ2) is 19.2. The number of rotatable bonds is 20. The quantitative estimate of drug-likeness (QED) is 0.0543. The van der Waals surface area contributed by atoms with Crippen molar-refractivity contribution in [3.63, 3.8) is 0 Å². The Kier molecular flexibility index (Phi) is 15.7. The first-order valence-corrected chi connectivity index (χ1v) is 22.1. The van der Waals surface area contributed by atoms with E-state index < -0.39 is 84.6 Å². The molecule has 1 saturated heterocycles. The molecule has 2 aromatic heterocycles. The minimum Gasteiger partial charge on any atom is -0.386 e. The predicted octanol–water partition coefficient (Wildman–Crippen LogP) is 0.287. The van der Waals surface area contributed by atoms with E-state index in [4.69, 9.17) is 19.5 Å². The van der Waals surface area contributed by atoms with Gasteiger partial charge in [0.25, 0.3) is 0 Å². The monoisotopic (exact) mass is 885 g/mol. The lowest BCUT2D eigenvalue weighted by atomic mass is 9.87. The van der Waals surface area contributed by atoms with E-state index in [9.17, 15) is 57.9 Å². The van der Waals surface area contributed by atoms with Crippen LogP contribution < -0.4 is 16.4 Å². The van der Waals surface area contributed by atoms with Gasteiger partial charge in [-0.25, -0.2) is 28.6 Å². The lowest BCUT2D eigenvalue weighted by Crippen LogP contribution is -2.46. The van der Waals surface area contributed by atoms with Crippen LogP contribution in [0.3, 0.4) is 0 Å². The number of aliphatic hydroxyl groups excluding tert-OH is 2. The number of aliphatic hydroxyl groups is 2. The van der Waals surface area contributed by atoms with Crippen molar-refractivity contribution < 1.29 is 80.5 Å². The van der Waals surface area contributed by atoms with E-state index in [0.717, 1.165) is 34.5 Å². The normalized spacial score (nSPS) is 21.4. The highest BCUT2D eigenvalue weighted by molar-refractivity contribution is 8.14. The molecule has 0 aliphatic carbocycles. The molecule has 1 aromatic carbocycles. The van der Waals surface area contributed by atoms with Gasteiger partial charge < -0.3 is 50.9 Å². The van der Waals surface area contributed by atoms with E-state index in [1.54, 1.807) is 18.2 Å². The molecule has 10 N–H and O–H groups in total. The van der Waals surface area contributed by atoms with E-state index in [0.29, 0.717) is 11.3 Å². The minimum atomic E-state index is -5.57. The van der Waals surface area contributed by atoms with E-state index in [1.807, 2.05) is 13.0 Å². The van der Waals surface area contributed by atoms with Crippen LogP contribution in [-0.4, -0.2) is 123 Å². The highest BCUT2D eigenvalue weighted by Crippen LogP contribution is 2.61. The first-order valence-electron chi connectivity index (χ1n) is 16.6. The molecule has 57 heavy (non-hydrogen) atoms. The third-order valence-corrected chi connectivity index (χ3v) is 12.0. The zero-order valence-electron chi connectivity index (χ0n) is 30.4. The standard InChI is InChI=1S/C29H42N7O17P3S/c1-16-5-4-6-17(11-16)28(41)57-10-9-31-19(37)7-8-32-26(40)23(39)29(2,3)13-50-56(47,48)53-55(45,46)49-12-18-22(52-54(42,43)44)21(38)27(51-18)36-15-35-20-24(30)33-14-34-25(20)36/h4-6,11,14-15,18,21-23,27,38-39H,7-10,12-13H2,1-3H3,(H,31,37)(H,32,40)(H,45,46)(H,47,48)(H2,30,33,34)(H2,42,43,44). The number of anilines is 1. The Hall–Kier alpha value is -3.22. The van der Waals surface area contributed by atoms with Crippen LogP contribution in [0.25, 0.3) is 11.2 Å². The van der Waals surface area contributed by atoms with E-state index in [2.05, 4.69) is 34.4 Å². The van der Waals surface area contributed by atoms with Crippen molar-refractivity contribution >= 4 is 69.1 Å². The van der Waals surface area contributed by atoms with E-state index >= 15 is 0 Å². The summed E-state index contributed by atoms with van der Waals surface area (Å²) in [7, 11) is -16.4. The molecule has 2 amide bonds. The smallest absolute Gasteiger partial charge is 0.386 e. The average molecular weight is 886 g/mol. The Morgan fingerprint density at radius 2 is 1.75 bits per heavy atom. The highest BCUT2D eigenvalue weighted by atomic mass is 32.2. The number of nitrogens with zero attached hydrogens (tertiary/aromatic N) is 4. The first-order chi connectivity index (χ1) is 26.5. The van der Waals surface area contributed by atoms with Crippen LogP contribution in [0.1, 0.15) is 42.4 Å². The number of phosphoric ester groups is 3.